The highest BCUT2D eigenvalue weighted by atomic mass is 35.5. The summed E-state index contributed by atoms with van der Waals surface area (Å²) in [5, 5.41) is 18.2. The van der Waals surface area contributed by atoms with Crippen LogP contribution in [0.25, 0.3) is 0 Å². The summed E-state index contributed by atoms with van der Waals surface area (Å²) >= 11 is 5.80. The van der Waals surface area contributed by atoms with E-state index < -0.39 is 22.0 Å². The third kappa shape index (κ3) is 4.16. The smallest absolute Gasteiger partial charge is 0.336 e. The predicted molar refractivity (Wildman–Crippen MR) is 79.2 cm³/mol. The maximum absolute atomic E-state index is 12.4. The van der Waals surface area contributed by atoms with E-state index in [1.54, 1.807) is 13.8 Å². The van der Waals surface area contributed by atoms with Gasteiger partial charge in [-0.25, -0.2) is 17.9 Å². The van der Waals surface area contributed by atoms with Crippen molar-refractivity contribution >= 4 is 27.6 Å². The summed E-state index contributed by atoms with van der Waals surface area (Å²) in [6.07, 6.45) is 0. The molecule has 1 aromatic rings. The molecule has 0 aliphatic rings. The number of hydrogen-bond donors (Lipinski definition) is 3. The Hall–Kier alpha value is -1.15. The van der Waals surface area contributed by atoms with Crippen LogP contribution in [-0.4, -0.2) is 37.2 Å². The fraction of sp³-hybridized carbons (Fsp3) is 0.462. The number of benzene rings is 1. The highest BCUT2D eigenvalue weighted by molar-refractivity contribution is 7.89. The van der Waals surface area contributed by atoms with E-state index in [1.807, 2.05) is 0 Å². The largest absolute Gasteiger partial charge is 0.478 e. The number of hydrogen-bond acceptors (Lipinski definition) is 4. The lowest BCUT2D eigenvalue weighted by atomic mass is 10.1. The molecule has 6 nitrogen and oxygen atoms in total. The van der Waals surface area contributed by atoms with E-state index in [4.69, 9.17) is 21.8 Å². The minimum atomic E-state index is -3.93. The number of carboxylic acids is 1. The van der Waals surface area contributed by atoms with E-state index in [9.17, 15) is 13.2 Å². The van der Waals surface area contributed by atoms with E-state index in [1.165, 1.54) is 19.1 Å². The molecule has 21 heavy (non-hydrogen) atoms. The van der Waals surface area contributed by atoms with Crippen molar-refractivity contribution in [2.24, 2.45) is 5.92 Å². The summed E-state index contributed by atoms with van der Waals surface area (Å²) in [5.41, 5.74) is -0.0472. The molecule has 0 fully saturated rings. The highest BCUT2D eigenvalue weighted by Crippen LogP contribution is 2.25. The van der Waals surface area contributed by atoms with Crippen LogP contribution < -0.4 is 4.72 Å². The first-order chi connectivity index (χ1) is 9.60. The molecule has 0 bridgehead atoms. The summed E-state index contributed by atoms with van der Waals surface area (Å²) in [7, 11) is -3.93. The Kier molecular flexibility index (Phi) is 5.75. The van der Waals surface area contributed by atoms with Gasteiger partial charge < -0.3 is 10.2 Å². The molecule has 0 aliphatic heterocycles. The first-order valence-corrected chi connectivity index (χ1v) is 8.13. The first-order valence-electron chi connectivity index (χ1n) is 6.26. The van der Waals surface area contributed by atoms with Crippen LogP contribution in [0.1, 0.15) is 29.8 Å². The third-order valence-corrected chi connectivity index (χ3v) is 5.23. The van der Waals surface area contributed by atoms with Crippen molar-refractivity contribution < 1.29 is 23.4 Å². The number of aliphatic hydroxyl groups excluding tert-OH is 1. The second-order valence-corrected chi connectivity index (χ2v) is 7.07. The zero-order valence-corrected chi connectivity index (χ0v) is 13.5. The van der Waals surface area contributed by atoms with Crippen LogP contribution in [0.5, 0.6) is 0 Å². The van der Waals surface area contributed by atoms with Crippen molar-refractivity contribution in [3.05, 3.63) is 28.3 Å². The molecule has 0 aliphatic carbocycles. The average molecular weight is 336 g/mol. The Balaban J connectivity index is 3.29. The fourth-order valence-electron chi connectivity index (χ4n) is 1.74. The minimum Gasteiger partial charge on any atom is -0.478 e. The van der Waals surface area contributed by atoms with E-state index in [0.29, 0.717) is 0 Å². The van der Waals surface area contributed by atoms with Gasteiger partial charge in [-0.2, -0.15) is 0 Å². The van der Waals surface area contributed by atoms with Crippen LogP contribution in [0.15, 0.2) is 17.0 Å². The maximum atomic E-state index is 12.4. The molecular weight excluding hydrogens is 318 g/mol. The molecule has 8 heteroatoms. The number of halogens is 1. The topological polar surface area (TPSA) is 104 Å². The third-order valence-electron chi connectivity index (χ3n) is 3.33. The Bertz CT molecular complexity index is 644. The lowest BCUT2D eigenvalue weighted by molar-refractivity contribution is 0.0696. The van der Waals surface area contributed by atoms with Crippen molar-refractivity contribution in [1.82, 2.24) is 4.72 Å². The SMILES string of the molecule is Cc1c(C(=O)O)cc(Cl)cc1S(=O)(=O)NC(C)C(C)CO. The summed E-state index contributed by atoms with van der Waals surface area (Å²) in [4.78, 5) is 10.9. The van der Waals surface area contributed by atoms with Gasteiger partial charge in [0.25, 0.3) is 0 Å². The zero-order chi connectivity index (χ0) is 16.4. The zero-order valence-electron chi connectivity index (χ0n) is 11.9. The van der Waals surface area contributed by atoms with Crippen LogP contribution in [-0.2, 0) is 10.0 Å². The minimum absolute atomic E-state index is 0.0289. The summed E-state index contributed by atoms with van der Waals surface area (Å²) in [6, 6.07) is 1.91. The quantitative estimate of drug-likeness (QED) is 0.733. The Morgan fingerprint density at radius 1 is 1.38 bits per heavy atom. The van der Waals surface area contributed by atoms with Crippen molar-refractivity contribution in [3.8, 4) is 0 Å². The molecule has 0 saturated carbocycles. The van der Waals surface area contributed by atoms with Crippen LogP contribution >= 0.6 is 11.6 Å². The second kappa shape index (κ2) is 6.74. The number of sulfonamides is 1. The van der Waals surface area contributed by atoms with Gasteiger partial charge in [-0.3, -0.25) is 0 Å². The number of carboxylic acid groups (broad SMARTS) is 1. The van der Waals surface area contributed by atoms with E-state index in [-0.39, 0.29) is 33.6 Å². The fourth-order valence-corrected chi connectivity index (χ4v) is 3.66. The predicted octanol–water partition coefficient (Wildman–Crippen LogP) is 1.64. The van der Waals surface area contributed by atoms with Gasteiger partial charge in [0.15, 0.2) is 0 Å². The molecule has 0 heterocycles. The molecule has 0 saturated heterocycles. The number of rotatable bonds is 6. The molecule has 0 spiro atoms. The molecule has 3 N–H and O–H groups in total. The molecule has 1 rings (SSSR count). The van der Waals surface area contributed by atoms with Gasteiger partial charge in [-0.1, -0.05) is 18.5 Å². The van der Waals surface area contributed by atoms with Gasteiger partial charge in [0, 0.05) is 17.7 Å². The standard InChI is InChI=1S/C13H18ClNO5S/c1-7(6-16)9(3)15-21(19,20)12-5-10(14)4-11(8(12)2)13(17)18/h4-5,7,9,15-16H,6H2,1-3H3,(H,17,18). The molecule has 1 aromatic carbocycles. The summed E-state index contributed by atoms with van der Waals surface area (Å²) in [6.45, 7) is 4.56. The number of nitrogens with one attached hydrogen (secondary N) is 1. The average Bonchev–Trinajstić information content (AvgIpc) is 2.38. The van der Waals surface area contributed by atoms with E-state index >= 15 is 0 Å². The molecule has 2 unspecified atom stereocenters. The van der Waals surface area contributed by atoms with Gasteiger partial charge >= 0.3 is 5.97 Å². The van der Waals surface area contributed by atoms with Crippen molar-refractivity contribution in [2.75, 3.05) is 6.61 Å². The first kappa shape index (κ1) is 17.9. The highest BCUT2D eigenvalue weighted by Gasteiger charge is 2.25. The summed E-state index contributed by atoms with van der Waals surface area (Å²) in [5.74, 6) is -1.53. The van der Waals surface area contributed by atoms with Crippen molar-refractivity contribution in [2.45, 2.75) is 31.7 Å². The Morgan fingerprint density at radius 2 is 1.95 bits per heavy atom. The van der Waals surface area contributed by atoms with Gasteiger partial charge in [0.05, 0.1) is 10.5 Å². The van der Waals surface area contributed by atoms with E-state index in [0.717, 1.165) is 0 Å². The van der Waals surface area contributed by atoms with E-state index in [2.05, 4.69) is 4.72 Å². The molecule has 2 atom stereocenters. The number of carbonyl (C=O) groups is 1. The maximum Gasteiger partial charge on any atom is 0.336 e. The van der Waals surface area contributed by atoms with Crippen molar-refractivity contribution in [1.29, 1.82) is 0 Å². The van der Waals surface area contributed by atoms with Gasteiger partial charge in [-0.05, 0) is 37.5 Å². The Labute approximate surface area is 128 Å². The molecule has 0 amide bonds. The van der Waals surface area contributed by atoms with Crippen LogP contribution in [0.3, 0.4) is 0 Å². The Morgan fingerprint density at radius 3 is 2.43 bits per heavy atom. The number of aliphatic hydroxyl groups is 1. The molecule has 118 valence electrons. The van der Waals surface area contributed by atoms with Crippen LogP contribution in [0, 0.1) is 12.8 Å². The molecular formula is C13H18ClNO5S. The number of aromatic carboxylic acids is 1. The van der Waals surface area contributed by atoms with Gasteiger partial charge in [0.1, 0.15) is 0 Å². The van der Waals surface area contributed by atoms with Crippen LogP contribution in [0.4, 0.5) is 0 Å². The lowest BCUT2D eigenvalue weighted by Crippen LogP contribution is -2.38. The molecule has 0 radical (unpaired) electrons. The second-order valence-electron chi connectivity index (χ2n) is 4.95. The van der Waals surface area contributed by atoms with Crippen molar-refractivity contribution in [3.63, 3.8) is 0 Å². The van der Waals surface area contributed by atoms with Crippen LogP contribution in [0.2, 0.25) is 5.02 Å². The normalized spacial score (nSPS) is 14.7. The molecule has 0 aromatic heterocycles. The monoisotopic (exact) mass is 335 g/mol. The van der Waals surface area contributed by atoms with Gasteiger partial charge in [0.2, 0.25) is 10.0 Å². The summed E-state index contributed by atoms with van der Waals surface area (Å²) < 4.78 is 27.2. The lowest BCUT2D eigenvalue weighted by Gasteiger charge is -2.20. The van der Waals surface area contributed by atoms with Gasteiger partial charge in [-0.15, -0.1) is 0 Å².